The third-order valence-corrected chi connectivity index (χ3v) is 8.79. The molecule has 2 aliphatic rings. The van der Waals surface area contributed by atoms with Gasteiger partial charge in [0, 0.05) is 0 Å². The Morgan fingerprint density at radius 2 is 1.12 bits per heavy atom. The Hall–Kier alpha value is -1.21. The van der Waals surface area contributed by atoms with E-state index in [4.69, 9.17) is 0 Å². The first kappa shape index (κ1) is 17.2. The van der Waals surface area contributed by atoms with E-state index in [0.29, 0.717) is 0 Å². The Morgan fingerprint density at radius 1 is 0.560 bits per heavy atom. The second-order valence-electron chi connectivity index (χ2n) is 7.81. The second kappa shape index (κ2) is 8.45. The maximum atomic E-state index is 2.47. The fraction of sp³-hybridized carbons (Fsp3) is 0.500. The summed E-state index contributed by atoms with van der Waals surface area (Å²) in [5, 5.41) is 0.844. The van der Waals surface area contributed by atoms with Gasteiger partial charge in [0.2, 0.25) is 0 Å². The van der Waals surface area contributed by atoms with E-state index in [1.807, 2.05) is 0 Å². The van der Waals surface area contributed by atoms with Gasteiger partial charge in [-0.3, -0.25) is 0 Å². The van der Waals surface area contributed by atoms with Gasteiger partial charge in [-0.2, -0.15) is 0 Å². The molecule has 25 heavy (non-hydrogen) atoms. The molecular weight excluding hydrogens is 320 g/mol. The molecule has 0 spiro atoms. The van der Waals surface area contributed by atoms with Crippen molar-refractivity contribution in [3.63, 3.8) is 0 Å². The van der Waals surface area contributed by atoms with Crippen molar-refractivity contribution in [3.8, 4) is 0 Å². The Morgan fingerprint density at radius 3 is 1.76 bits per heavy atom. The molecule has 0 bridgehead atoms. The Bertz CT molecular complexity index is 634. The molecular formula is C24H31S+. The van der Waals surface area contributed by atoms with Crippen molar-refractivity contribution >= 4 is 10.9 Å². The average Bonchev–Trinajstić information content (AvgIpc) is 2.71. The van der Waals surface area contributed by atoms with Crippen LogP contribution in [0.15, 0.2) is 64.4 Å². The van der Waals surface area contributed by atoms with Crippen LogP contribution in [0.3, 0.4) is 0 Å². The van der Waals surface area contributed by atoms with Crippen LogP contribution < -0.4 is 0 Å². The molecule has 4 rings (SSSR count). The fourth-order valence-corrected chi connectivity index (χ4v) is 7.44. The lowest BCUT2D eigenvalue weighted by atomic mass is 9.84. The first-order valence-electron chi connectivity index (χ1n) is 10.3. The summed E-state index contributed by atoms with van der Waals surface area (Å²) in [6.07, 6.45) is 14.1. The van der Waals surface area contributed by atoms with Crippen LogP contribution in [-0.2, 0) is 10.9 Å². The molecule has 2 saturated carbocycles. The molecule has 0 nitrogen and oxygen atoms in total. The maximum absolute atomic E-state index is 2.47. The van der Waals surface area contributed by atoms with E-state index in [-0.39, 0.29) is 10.9 Å². The van der Waals surface area contributed by atoms with Crippen LogP contribution >= 0.6 is 0 Å². The molecule has 1 heteroatoms. The molecule has 0 radical (unpaired) electrons. The van der Waals surface area contributed by atoms with Gasteiger partial charge in [0.15, 0.2) is 9.79 Å². The normalized spacial score (nSPS) is 21.1. The van der Waals surface area contributed by atoms with Crippen LogP contribution in [-0.4, -0.2) is 5.25 Å². The number of benzene rings is 2. The quantitative estimate of drug-likeness (QED) is 0.515. The highest BCUT2D eigenvalue weighted by Gasteiger charge is 2.36. The predicted molar refractivity (Wildman–Crippen MR) is 109 cm³/mol. The Labute approximate surface area is 156 Å². The summed E-state index contributed by atoms with van der Waals surface area (Å²) in [5.41, 5.74) is 1.59. The molecule has 2 fully saturated rings. The van der Waals surface area contributed by atoms with Gasteiger partial charge in [0.05, 0.1) is 10.9 Å². The van der Waals surface area contributed by atoms with Crippen LogP contribution in [0.5, 0.6) is 0 Å². The van der Waals surface area contributed by atoms with Gasteiger partial charge in [-0.25, -0.2) is 0 Å². The number of hydrogen-bond acceptors (Lipinski definition) is 0. The minimum atomic E-state index is 0.249. The lowest BCUT2D eigenvalue weighted by molar-refractivity contribution is 0.443. The minimum Gasteiger partial charge on any atom is -0.0619 e. The third kappa shape index (κ3) is 4.14. The molecule has 0 aromatic heterocycles. The lowest BCUT2D eigenvalue weighted by Crippen LogP contribution is -2.25. The molecule has 1 atom stereocenters. The molecule has 0 heterocycles. The first-order valence-corrected chi connectivity index (χ1v) is 11.6. The molecule has 0 aliphatic heterocycles. The Balaban J connectivity index is 1.60. The van der Waals surface area contributed by atoms with E-state index in [0.717, 1.165) is 11.2 Å². The standard InChI is InChI=1S/C24H31S/c1-4-10-20(11-5-1)21-16-18-24(19-17-21)25(22-12-6-2-7-13-22)23-14-8-3-9-15-23/h2,6-7,12-13,16-20,23H,1,3-5,8-11,14-15H2/q+1. The molecule has 2 aliphatic carbocycles. The third-order valence-electron chi connectivity index (χ3n) is 6.09. The van der Waals surface area contributed by atoms with Crippen molar-refractivity contribution in [2.75, 3.05) is 0 Å². The summed E-state index contributed by atoms with van der Waals surface area (Å²) in [7, 11) is 0.249. The molecule has 1 unspecified atom stereocenters. The SMILES string of the molecule is c1ccc([S+](c2ccc(C3CCCCC3)cc2)C2CCCCC2)cc1. The summed E-state index contributed by atoms with van der Waals surface area (Å²) >= 11 is 0. The van der Waals surface area contributed by atoms with Crippen molar-refractivity contribution in [2.45, 2.75) is 85.2 Å². The van der Waals surface area contributed by atoms with E-state index in [1.54, 1.807) is 15.4 Å². The van der Waals surface area contributed by atoms with Gasteiger partial charge in [0.25, 0.3) is 0 Å². The highest BCUT2D eigenvalue weighted by Crippen LogP contribution is 2.37. The highest BCUT2D eigenvalue weighted by molar-refractivity contribution is 7.97. The smallest absolute Gasteiger partial charge is 0.0619 e. The summed E-state index contributed by atoms with van der Waals surface area (Å²) in [6, 6.07) is 21.1. The average molecular weight is 352 g/mol. The minimum absolute atomic E-state index is 0.249. The van der Waals surface area contributed by atoms with Crippen LogP contribution in [0.2, 0.25) is 0 Å². The topological polar surface area (TPSA) is 0 Å². The van der Waals surface area contributed by atoms with Crippen LogP contribution in [0, 0.1) is 0 Å². The fourth-order valence-electron chi connectivity index (χ4n) is 4.71. The van der Waals surface area contributed by atoms with Gasteiger partial charge in [0.1, 0.15) is 5.25 Å². The zero-order valence-electron chi connectivity index (χ0n) is 15.3. The van der Waals surface area contributed by atoms with Crippen molar-refractivity contribution in [3.05, 3.63) is 60.2 Å². The number of rotatable bonds is 4. The van der Waals surface area contributed by atoms with Crippen molar-refractivity contribution < 1.29 is 0 Å². The largest absolute Gasteiger partial charge is 0.161 e. The predicted octanol–water partition coefficient (Wildman–Crippen LogP) is 7.10. The van der Waals surface area contributed by atoms with E-state index < -0.39 is 0 Å². The van der Waals surface area contributed by atoms with Gasteiger partial charge in [-0.05, 0) is 74.3 Å². The van der Waals surface area contributed by atoms with Crippen LogP contribution in [0.4, 0.5) is 0 Å². The molecule has 0 saturated heterocycles. The summed E-state index contributed by atoms with van der Waals surface area (Å²) < 4.78 is 0. The molecule has 132 valence electrons. The zero-order valence-corrected chi connectivity index (χ0v) is 16.1. The summed E-state index contributed by atoms with van der Waals surface area (Å²) in [4.78, 5) is 3.11. The molecule has 0 N–H and O–H groups in total. The van der Waals surface area contributed by atoms with Gasteiger partial charge < -0.3 is 0 Å². The van der Waals surface area contributed by atoms with Gasteiger partial charge in [-0.1, -0.05) is 56.0 Å². The van der Waals surface area contributed by atoms with E-state index in [2.05, 4.69) is 54.6 Å². The van der Waals surface area contributed by atoms with Crippen LogP contribution in [0.1, 0.15) is 75.7 Å². The van der Waals surface area contributed by atoms with E-state index in [1.165, 1.54) is 64.2 Å². The molecule has 2 aromatic rings. The van der Waals surface area contributed by atoms with Crippen molar-refractivity contribution in [2.24, 2.45) is 0 Å². The van der Waals surface area contributed by atoms with E-state index >= 15 is 0 Å². The summed E-state index contributed by atoms with van der Waals surface area (Å²) in [6.45, 7) is 0. The van der Waals surface area contributed by atoms with Crippen molar-refractivity contribution in [1.29, 1.82) is 0 Å². The first-order chi connectivity index (χ1) is 12.4. The monoisotopic (exact) mass is 351 g/mol. The van der Waals surface area contributed by atoms with Crippen LogP contribution in [0.25, 0.3) is 0 Å². The maximum Gasteiger partial charge on any atom is 0.161 e. The number of hydrogen-bond donors (Lipinski definition) is 0. The highest BCUT2D eigenvalue weighted by atomic mass is 32.2. The lowest BCUT2D eigenvalue weighted by Gasteiger charge is -2.24. The van der Waals surface area contributed by atoms with Gasteiger partial charge >= 0.3 is 0 Å². The molecule has 0 amide bonds. The van der Waals surface area contributed by atoms with Gasteiger partial charge in [-0.15, -0.1) is 0 Å². The van der Waals surface area contributed by atoms with Crippen molar-refractivity contribution in [1.82, 2.24) is 0 Å². The summed E-state index contributed by atoms with van der Waals surface area (Å²) in [5.74, 6) is 0.816. The molecule has 2 aromatic carbocycles. The van der Waals surface area contributed by atoms with E-state index in [9.17, 15) is 0 Å². The second-order valence-corrected chi connectivity index (χ2v) is 10.1. The Kier molecular flexibility index (Phi) is 5.82. The zero-order chi connectivity index (χ0) is 16.9.